The summed E-state index contributed by atoms with van der Waals surface area (Å²) in [5, 5.41) is 12.4. The van der Waals surface area contributed by atoms with Crippen LogP contribution in [-0.2, 0) is 4.79 Å². The van der Waals surface area contributed by atoms with E-state index < -0.39 is 5.91 Å². The molecule has 0 bridgehead atoms. The highest BCUT2D eigenvalue weighted by molar-refractivity contribution is 6.01. The highest BCUT2D eigenvalue weighted by Crippen LogP contribution is 2.28. The lowest BCUT2D eigenvalue weighted by Crippen LogP contribution is -2.29. The molecule has 1 atom stereocenters. The molecule has 27 heavy (non-hydrogen) atoms. The molecule has 1 amide bonds. The predicted molar refractivity (Wildman–Crippen MR) is 105 cm³/mol. The van der Waals surface area contributed by atoms with Crippen molar-refractivity contribution in [1.82, 2.24) is 5.32 Å². The number of nitrogens with one attached hydrogen (secondary N) is 1. The smallest absolute Gasteiger partial charge is 0.262 e. The Morgan fingerprint density at radius 3 is 2.44 bits per heavy atom. The van der Waals surface area contributed by atoms with E-state index in [1.54, 1.807) is 38.5 Å². The van der Waals surface area contributed by atoms with Crippen molar-refractivity contribution in [2.45, 2.75) is 25.8 Å². The van der Waals surface area contributed by atoms with Crippen molar-refractivity contribution in [2.75, 3.05) is 14.2 Å². The fourth-order valence-corrected chi connectivity index (χ4v) is 2.79. The third-order valence-corrected chi connectivity index (χ3v) is 4.17. The number of hydrogen-bond acceptors (Lipinski definition) is 4. The third kappa shape index (κ3) is 5.35. The van der Waals surface area contributed by atoms with Crippen molar-refractivity contribution in [1.29, 1.82) is 5.26 Å². The van der Waals surface area contributed by atoms with Crippen LogP contribution in [0, 0.1) is 11.3 Å². The summed E-state index contributed by atoms with van der Waals surface area (Å²) in [4.78, 5) is 12.7. The number of nitriles is 1. The quantitative estimate of drug-likeness (QED) is 0.561. The number of ether oxygens (including phenoxy) is 2. The Balaban J connectivity index is 2.24. The molecule has 2 rings (SSSR count). The molecule has 0 aromatic heterocycles. The zero-order chi connectivity index (χ0) is 19.6. The molecule has 0 spiro atoms. The zero-order valence-corrected chi connectivity index (χ0v) is 15.9. The van der Waals surface area contributed by atoms with Gasteiger partial charge in [-0.25, -0.2) is 0 Å². The molecule has 2 aromatic carbocycles. The van der Waals surface area contributed by atoms with Crippen LogP contribution in [0.15, 0.2) is 54.1 Å². The summed E-state index contributed by atoms with van der Waals surface area (Å²) in [6.07, 6.45) is 3.26. The lowest BCUT2D eigenvalue weighted by atomic mass is 10.0. The van der Waals surface area contributed by atoms with Gasteiger partial charge in [-0.1, -0.05) is 49.7 Å². The van der Waals surface area contributed by atoms with Gasteiger partial charge < -0.3 is 14.8 Å². The van der Waals surface area contributed by atoms with Crippen LogP contribution in [-0.4, -0.2) is 20.1 Å². The van der Waals surface area contributed by atoms with E-state index in [2.05, 4.69) is 12.2 Å². The summed E-state index contributed by atoms with van der Waals surface area (Å²) in [7, 11) is 3.09. The number of carbonyl (C=O) groups excluding carboxylic acids is 1. The first-order valence-corrected chi connectivity index (χ1v) is 8.82. The number of hydrogen-bond donors (Lipinski definition) is 1. The van der Waals surface area contributed by atoms with Gasteiger partial charge in [-0.15, -0.1) is 0 Å². The standard InChI is InChI=1S/C22H24N2O3/c1-4-8-19(17-9-6-5-7-10-17)24-22(25)18(15-23)13-16-11-12-20(26-2)21(14-16)27-3/h5-7,9-14,19H,4,8H2,1-3H3,(H,24,25)/t19-/m0/s1. The highest BCUT2D eigenvalue weighted by Gasteiger charge is 2.17. The van der Waals surface area contributed by atoms with Gasteiger partial charge in [0, 0.05) is 0 Å². The van der Waals surface area contributed by atoms with Gasteiger partial charge in [-0.3, -0.25) is 4.79 Å². The summed E-state index contributed by atoms with van der Waals surface area (Å²) in [6, 6.07) is 16.9. The van der Waals surface area contributed by atoms with Crippen molar-refractivity contribution in [3.8, 4) is 17.6 Å². The normalized spacial score (nSPS) is 12.0. The van der Waals surface area contributed by atoms with E-state index in [0.717, 1.165) is 18.4 Å². The maximum atomic E-state index is 12.7. The van der Waals surface area contributed by atoms with E-state index in [0.29, 0.717) is 17.1 Å². The summed E-state index contributed by atoms with van der Waals surface area (Å²) in [5.74, 6) is 0.733. The first-order chi connectivity index (χ1) is 13.1. The van der Waals surface area contributed by atoms with Gasteiger partial charge >= 0.3 is 0 Å². The minimum absolute atomic E-state index is 0.0410. The first kappa shape index (κ1) is 20.1. The van der Waals surface area contributed by atoms with Crippen LogP contribution in [0.3, 0.4) is 0 Å². The fourth-order valence-electron chi connectivity index (χ4n) is 2.79. The molecule has 5 nitrogen and oxygen atoms in total. The molecule has 1 N–H and O–H groups in total. The monoisotopic (exact) mass is 364 g/mol. The van der Waals surface area contributed by atoms with Crippen molar-refractivity contribution >= 4 is 12.0 Å². The van der Waals surface area contributed by atoms with Crippen molar-refractivity contribution in [3.05, 3.63) is 65.2 Å². The van der Waals surface area contributed by atoms with Gasteiger partial charge in [0.05, 0.1) is 20.3 Å². The number of benzene rings is 2. The molecule has 2 aromatic rings. The van der Waals surface area contributed by atoms with E-state index in [1.165, 1.54) is 0 Å². The summed E-state index contributed by atoms with van der Waals surface area (Å²) in [6.45, 7) is 2.06. The Bertz CT molecular complexity index is 838. The Morgan fingerprint density at radius 1 is 1.15 bits per heavy atom. The molecule has 0 fully saturated rings. The van der Waals surface area contributed by atoms with Gasteiger partial charge in [0.2, 0.25) is 0 Å². The number of carbonyl (C=O) groups is 1. The largest absolute Gasteiger partial charge is 0.493 e. The van der Waals surface area contributed by atoms with Crippen LogP contribution in [0.25, 0.3) is 6.08 Å². The lowest BCUT2D eigenvalue weighted by Gasteiger charge is -2.18. The van der Waals surface area contributed by atoms with Gasteiger partial charge in [0.1, 0.15) is 11.6 Å². The second-order valence-corrected chi connectivity index (χ2v) is 6.01. The average Bonchev–Trinajstić information content (AvgIpc) is 2.71. The zero-order valence-electron chi connectivity index (χ0n) is 15.9. The van der Waals surface area contributed by atoms with Gasteiger partial charge in [-0.2, -0.15) is 5.26 Å². The van der Waals surface area contributed by atoms with Gasteiger partial charge in [0.15, 0.2) is 11.5 Å². The minimum atomic E-state index is -0.394. The molecule has 0 radical (unpaired) electrons. The molecule has 0 heterocycles. The topological polar surface area (TPSA) is 71.4 Å². The second kappa shape index (κ2) is 10.0. The summed E-state index contributed by atoms with van der Waals surface area (Å²) < 4.78 is 10.5. The van der Waals surface area contributed by atoms with Crippen molar-refractivity contribution < 1.29 is 14.3 Å². The van der Waals surface area contributed by atoms with Crippen LogP contribution in [0.2, 0.25) is 0 Å². The molecular formula is C22H24N2O3. The van der Waals surface area contributed by atoms with Crippen LogP contribution >= 0.6 is 0 Å². The number of amides is 1. The first-order valence-electron chi connectivity index (χ1n) is 8.82. The fraction of sp³-hybridized carbons (Fsp3) is 0.273. The number of rotatable bonds is 8. The molecule has 5 heteroatoms. The number of nitrogens with zero attached hydrogens (tertiary/aromatic N) is 1. The van der Waals surface area contributed by atoms with Crippen LogP contribution in [0.1, 0.15) is 36.9 Å². The van der Waals surface area contributed by atoms with Crippen LogP contribution in [0.5, 0.6) is 11.5 Å². The van der Waals surface area contributed by atoms with Crippen LogP contribution in [0.4, 0.5) is 0 Å². The molecule has 140 valence electrons. The second-order valence-electron chi connectivity index (χ2n) is 6.01. The molecule has 0 aliphatic heterocycles. The Kier molecular flexibility index (Phi) is 7.45. The Labute approximate surface area is 160 Å². The van der Waals surface area contributed by atoms with E-state index in [1.807, 2.05) is 36.4 Å². The summed E-state index contributed by atoms with van der Waals surface area (Å²) in [5.41, 5.74) is 1.75. The SMILES string of the molecule is CCC[C@H](NC(=O)C(C#N)=Cc1ccc(OC)c(OC)c1)c1ccccc1. The van der Waals surface area contributed by atoms with Crippen molar-refractivity contribution in [2.24, 2.45) is 0 Å². The molecule has 0 saturated heterocycles. The molecule has 0 aliphatic rings. The Hall–Kier alpha value is -3.26. The van der Waals surface area contributed by atoms with Crippen LogP contribution < -0.4 is 14.8 Å². The highest BCUT2D eigenvalue weighted by atomic mass is 16.5. The van der Waals surface area contributed by atoms with Crippen molar-refractivity contribution in [3.63, 3.8) is 0 Å². The number of methoxy groups -OCH3 is 2. The predicted octanol–water partition coefficient (Wildman–Crippen LogP) is 4.27. The minimum Gasteiger partial charge on any atom is -0.493 e. The maximum Gasteiger partial charge on any atom is 0.262 e. The van der Waals surface area contributed by atoms with E-state index in [9.17, 15) is 10.1 Å². The van der Waals surface area contributed by atoms with Gasteiger partial charge in [-0.05, 0) is 35.8 Å². The van der Waals surface area contributed by atoms with E-state index >= 15 is 0 Å². The molecular weight excluding hydrogens is 340 g/mol. The van der Waals surface area contributed by atoms with E-state index in [-0.39, 0.29) is 11.6 Å². The third-order valence-electron chi connectivity index (χ3n) is 4.17. The van der Waals surface area contributed by atoms with E-state index in [4.69, 9.17) is 9.47 Å². The molecule has 0 unspecified atom stereocenters. The Morgan fingerprint density at radius 2 is 1.85 bits per heavy atom. The van der Waals surface area contributed by atoms with Gasteiger partial charge in [0.25, 0.3) is 5.91 Å². The lowest BCUT2D eigenvalue weighted by molar-refractivity contribution is -0.117. The maximum absolute atomic E-state index is 12.7. The average molecular weight is 364 g/mol. The summed E-state index contributed by atoms with van der Waals surface area (Å²) >= 11 is 0. The molecule has 0 aliphatic carbocycles. The molecule has 0 saturated carbocycles.